The van der Waals surface area contributed by atoms with Crippen LogP contribution in [0.5, 0.6) is 0 Å². The third-order valence-electron chi connectivity index (χ3n) is 8.30. The maximum atomic E-state index is 13.5. The number of aliphatic hydroxyl groups excluding tert-OH is 3. The van der Waals surface area contributed by atoms with Gasteiger partial charge >= 0.3 is 0 Å². The maximum Gasteiger partial charge on any atom is 0.171 e. The van der Waals surface area contributed by atoms with Crippen LogP contribution in [0.3, 0.4) is 0 Å². The van der Waals surface area contributed by atoms with E-state index in [9.17, 15) is 30.3 Å². The van der Waals surface area contributed by atoms with Gasteiger partial charge in [0.05, 0.1) is 24.9 Å². The first-order chi connectivity index (χ1) is 12.3. The van der Waals surface area contributed by atoms with Crippen molar-refractivity contribution in [2.45, 2.75) is 82.6 Å². The van der Waals surface area contributed by atoms with Gasteiger partial charge in [0.1, 0.15) is 17.3 Å². The number of hydrogen-bond donors (Lipinski definition) is 5. The third kappa shape index (κ3) is 2.05. The number of ether oxygens (including phenoxy) is 1. The summed E-state index contributed by atoms with van der Waals surface area (Å²) in [6.45, 7) is 6.61. The monoisotopic (exact) mass is 382 g/mol. The Bertz CT molecular complexity index is 730. The quantitative estimate of drug-likeness (QED) is 0.363. The van der Waals surface area contributed by atoms with Crippen molar-refractivity contribution in [1.82, 2.24) is 0 Å². The predicted octanol–water partition coefficient (Wildman–Crippen LogP) is -0.325. The van der Waals surface area contributed by atoms with Crippen LogP contribution < -0.4 is 0 Å². The van der Waals surface area contributed by atoms with Crippen molar-refractivity contribution in [1.29, 1.82) is 0 Å². The SMILES string of the molecule is CC1=C2[C@@H](O)C(=O)[C@]3(C)CC[C@H]4OC[C@@]4(O)[C@H]3[C@H](O)[C@](O)(C[C@@H]1O)C2(C)C. The molecule has 0 spiro atoms. The van der Waals surface area contributed by atoms with Crippen LogP contribution in [-0.2, 0) is 9.53 Å². The summed E-state index contributed by atoms with van der Waals surface area (Å²) in [5.41, 5.74) is -4.92. The van der Waals surface area contributed by atoms with E-state index >= 15 is 0 Å². The van der Waals surface area contributed by atoms with Crippen molar-refractivity contribution in [3.63, 3.8) is 0 Å². The van der Waals surface area contributed by atoms with Gasteiger partial charge in [-0.3, -0.25) is 4.79 Å². The molecule has 7 nitrogen and oxygen atoms in total. The Morgan fingerprint density at radius 3 is 2.30 bits per heavy atom. The number of Topliss-reactive ketones (excluding diaryl/α,β-unsaturated/α-hetero) is 1. The fourth-order valence-corrected chi connectivity index (χ4v) is 6.41. The Kier molecular flexibility index (Phi) is 3.90. The molecule has 0 aromatic rings. The summed E-state index contributed by atoms with van der Waals surface area (Å²) in [5.74, 6) is -1.49. The maximum absolute atomic E-state index is 13.5. The lowest BCUT2D eigenvalue weighted by molar-refractivity contribution is -0.330. The summed E-state index contributed by atoms with van der Waals surface area (Å²) in [6, 6.07) is 0. The number of carbonyl (C=O) groups is 1. The molecule has 4 aliphatic rings. The minimum atomic E-state index is -1.82. The third-order valence-corrected chi connectivity index (χ3v) is 8.30. The van der Waals surface area contributed by atoms with E-state index in [4.69, 9.17) is 4.74 Å². The van der Waals surface area contributed by atoms with E-state index in [1.165, 1.54) is 0 Å². The first kappa shape index (κ1) is 19.5. The summed E-state index contributed by atoms with van der Waals surface area (Å²) < 4.78 is 5.47. The van der Waals surface area contributed by atoms with Gasteiger partial charge in [-0.25, -0.2) is 0 Å². The van der Waals surface area contributed by atoms with Crippen LogP contribution in [0.2, 0.25) is 0 Å². The summed E-state index contributed by atoms with van der Waals surface area (Å²) in [6.07, 6.45) is -3.94. The van der Waals surface area contributed by atoms with Crippen LogP contribution in [0.1, 0.15) is 47.0 Å². The molecule has 2 saturated carbocycles. The van der Waals surface area contributed by atoms with E-state index in [0.717, 1.165) is 0 Å². The van der Waals surface area contributed by atoms with Gasteiger partial charge in [-0.05, 0) is 30.9 Å². The molecule has 5 N–H and O–H groups in total. The van der Waals surface area contributed by atoms with Gasteiger partial charge in [0.25, 0.3) is 0 Å². The fraction of sp³-hybridized carbons (Fsp3) is 0.850. The van der Waals surface area contributed by atoms with Crippen LogP contribution in [0, 0.1) is 16.7 Å². The summed E-state index contributed by atoms with van der Waals surface area (Å²) in [4.78, 5) is 13.5. The van der Waals surface area contributed by atoms with Crippen LogP contribution in [0.4, 0.5) is 0 Å². The Morgan fingerprint density at radius 1 is 1.11 bits per heavy atom. The summed E-state index contributed by atoms with van der Waals surface area (Å²) in [5, 5.41) is 56.0. The van der Waals surface area contributed by atoms with E-state index in [1.54, 1.807) is 27.7 Å². The molecule has 0 radical (unpaired) electrons. The molecule has 4 rings (SSSR count). The van der Waals surface area contributed by atoms with Gasteiger partial charge in [0.2, 0.25) is 0 Å². The van der Waals surface area contributed by atoms with E-state index in [2.05, 4.69) is 0 Å². The molecule has 8 atom stereocenters. The Hall–Kier alpha value is -0.830. The second kappa shape index (κ2) is 5.40. The first-order valence-electron chi connectivity index (χ1n) is 9.68. The highest BCUT2D eigenvalue weighted by atomic mass is 16.6. The smallest absolute Gasteiger partial charge is 0.171 e. The number of aliphatic hydroxyl groups is 5. The Balaban J connectivity index is 1.98. The van der Waals surface area contributed by atoms with Crippen molar-refractivity contribution in [3.05, 3.63) is 11.1 Å². The molecule has 0 aromatic heterocycles. The summed E-state index contributed by atoms with van der Waals surface area (Å²) in [7, 11) is 0. The number of fused-ring (bicyclic) bond motifs is 5. The highest BCUT2D eigenvalue weighted by Gasteiger charge is 2.72. The van der Waals surface area contributed by atoms with Crippen molar-refractivity contribution in [2.75, 3.05) is 6.61 Å². The number of hydrogen-bond acceptors (Lipinski definition) is 7. The normalized spacial score (nSPS) is 54.4. The predicted molar refractivity (Wildman–Crippen MR) is 94.6 cm³/mol. The van der Waals surface area contributed by atoms with Crippen molar-refractivity contribution in [2.24, 2.45) is 16.7 Å². The van der Waals surface area contributed by atoms with Gasteiger partial charge in [-0.15, -0.1) is 0 Å². The number of rotatable bonds is 0. The highest BCUT2D eigenvalue weighted by molar-refractivity contribution is 5.92. The van der Waals surface area contributed by atoms with Gasteiger partial charge in [-0.2, -0.15) is 0 Å². The van der Waals surface area contributed by atoms with E-state index in [0.29, 0.717) is 18.4 Å². The fourth-order valence-electron chi connectivity index (χ4n) is 6.41. The molecule has 0 unspecified atom stereocenters. The molecule has 3 fully saturated rings. The average molecular weight is 382 g/mol. The second-order valence-electron chi connectivity index (χ2n) is 9.80. The zero-order valence-electron chi connectivity index (χ0n) is 16.3. The zero-order valence-corrected chi connectivity index (χ0v) is 16.3. The molecule has 2 bridgehead atoms. The standard InChI is InChI=1S/C20H30O7/c1-9-10(21)7-20(26)16(24)14-18(4,6-5-11-19(14,25)8-27-11)15(23)13(22)12(9)17(20,2)3/h10-11,13-14,16,21-22,24-26H,5-8H2,1-4H3/t10-,11+,13+,14-,16-,18+,19-,20+/m0/s1. The summed E-state index contributed by atoms with van der Waals surface area (Å²) >= 11 is 0. The van der Waals surface area contributed by atoms with Crippen LogP contribution in [0.15, 0.2) is 11.1 Å². The highest BCUT2D eigenvalue weighted by Crippen LogP contribution is 2.62. The molecule has 1 saturated heterocycles. The topological polar surface area (TPSA) is 127 Å². The largest absolute Gasteiger partial charge is 0.390 e. The Labute approximate surface area is 158 Å². The average Bonchev–Trinajstić information content (AvgIpc) is 2.56. The van der Waals surface area contributed by atoms with Crippen molar-refractivity contribution in [3.8, 4) is 0 Å². The minimum Gasteiger partial charge on any atom is -0.390 e. The van der Waals surface area contributed by atoms with Crippen LogP contribution in [-0.4, -0.2) is 73.5 Å². The number of ketones is 1. The van der Waals surface area contributed by atoms with E-state index in [1.807, 2.05) is 0 Å². The lowest BCUT2D eigenvalue weighted by Crippen LogP contribution is -2.78. The zero-order chi connectivity index (χ0) is 20.2. The molecule has 0 aromatic carbocycles. The number of carbonyl (C=O) groups excluding carboxylic acids is 1. The van der Waals surface area contributed by atoms with Gasteiger partial charge in [0.15, 0.2) is 5.78 Å². The lowest BCUT2D eigenvalue weighted by Gasteiger charge is -2.65. The van der Waals surface area contributed by atoms with Gasteiger partial charge < -0.3 is 30.3 Å². The molecule has 7 heteroatoms. The molecular formula is C20H30O7. The van der Waals surface area contributed by atoms with Gasteiger partial charge in [0, 0.05) is 23.2 Å². The lowest BCUT2D eigenvalue weighted by atomic mass is 9.45. The van der Waals surface area contributed by atoms with Gasteiger partial charge in [-0.1, -0.05) is 20.8 Å². The molecule has 0 amide bonds. The molecule has 1 heterocycles. The van der Waals surface area contributed by atoms with Crippen LogP contribution >= 0.6 is 0 Å². The second-order valence-corrected chi connectivity index (χ2v) is 9.80. The van der Waals surface area contributed by atoms with Crippen molar-refractivity contribution >= 4 is 5.78 Å². The Morgan fingerprint density at radius 2 is 1.74 bits per heavy atom. The molecular weight excluding hydrogens is 352 g/mol. The first-order valence-corrected chi connectivity index (χ1v) is 9.68. The molecule has 1 aliphatic heterocycles. The molecule has 3 aliphatic carbocycles. The van der Waals surface area contributed by atoms with Crippen LogP contribution in [0.25, 0.3) is 0 Å². The minimum absolute atomic E-state index is 0.0286. The van der Waals surface area contributed by atoms with E-state index < -0.39 is 58.1 Å². The molecule has 152 valence electrons. The molecule has 27 heavy (non-hydrogen) atoms. The van der Waals surface area contributed by atoms with Crippen molar-refractivity contribution < 1.29 is 35.1 Å². The van der Waals surface area contributed by atoms with E-state index in [-0.39, 0.29) is 18.6 Å².